The minimum Gasteiger partial charge on any atom is -0.394 e. The van der Waals surface area contributed by atoms with Gasteiger partial charge in [-0.2, -0.15) is 4.39 Å². The largest absolute Gasteiger partial charge is 0.394 e. The van der Waals surface area contributed by atoms with Gasteiger partial charge < -0.3 is 20.6 Å². The van der Waals surface area contributed by atoms with Crippen molar-refractivity contribution in [2.75, 3.05) is 25.1 Å². The smallest absolute Gasteiger partial charge is 0.217 e. The van der Waals surface area contributed by atoms with E-state index in [1.807, 2.05) is 0 Å². The molecule has 0 aliphatic carbocycles. The summed E-state index contributed by atoms with van der Waals surface area (Å²) in [5, 5.41) is 29.5. The Hall–Kier alpha value is -1.31. The zero-order chi connectivity index (χ0) is 11.3. The van der Waals surface area contributed by atoms with Crippen LogP contribution >= 0.6 is 0 Å². The van der Waals surface area contributed by atoms with Crippen molar-refractivity contribution in [2.24, 2.45) is 0 Å². The van der Waals surface area contributed by atoms with E-state index in [0.717, 1.165) is 12.4 Å². The van der Waals surface area contributed by atoms with E-state index in [0.29, 0.717) is 0 Å². The molecule has 0 atom stereocenters. The molecule has 0 fully saturated rings. The minimum absolute atomic E-state index is 0.0830. The number of aromatic nitrogens is 2. The van der Waals surface area contributed by atoms with Crippen molar-refractivity contribution in [3.05, 3.63) is 18.3 Å². The molecule has 0 saturated heterocycles. The third-order valence-corrected chi connectivity index (χ3v) is 1.93. The van der Waals surface area contributed by atoms with E-state index in [4.69, 9.17) is 15.3 Å². The van der Waals surface area contributed by atoms with Crippen LogP contribution in [0.1, 0.15) is 0 Å². The molecule has 0 radical (unpaired) electrons. The second-order valence-corrected chi connectivity index (χ2v) is 3.11. The minimum atomic E-state index is -1.32. The summed E-state index contributed by atoms with van der Waals surface area (Å²) in [6, 6.07) is 0.996. The van der Waals surface area contributed by atoms with Crippen LogP contribution in [0.2, 0.25) is 0 Å². The van der Waals surface area contributed by atoms with Crippen LogP contribution in [0.25, 0.3) is 0 Å². The summed E-state index contributed by atoms with van der Waals surface area (Å²) in [6.45, 7) is -1.52. The summed E-state index contributed by atoms with van der Waals surface area (Å²) in [4.78, 5) is 6.91. The normalized spacial score (nSPS) is 11.5. The fourth-order valence-corrected chi connectivity index (χ4v) is 0.942. The van der Waals surface area contributed by atoms with Gasteiger partial charge in [-0.15, -0.1) is 0 Å². The van der Waals surface area contributed by atoms with Crippen LogP contribution in [0.4, 0.5) is 10.2 Å². The number of nitrogens with zero attached hydrogens (tertiary/aromatic N) is 2. The van der Waals surface area contributed by atoms with Crippen LogP contribution in [0.15, 0.2) is 12.4 Å². The Labute approximate surface area is 85.4 Å². The first-order valence-electron chi connectivity index (χ1n) is 4.24. The number of nitrogens with one attached hydrogen (secondary N) is 1. The molecule has 1 rings (SSSR count). The van der Waals surface area contributed by atoms with Gasteiger partial charge in [-0.3, -0.25) is 0 Å². The number of halogens is 1. The van der Waals surface area contributed by atoms with Gasteiger partial charge in [-0.05, 0) is 0 Å². The maximum Gasteiger partial charge on any atom is 0.217 e. The average Bonchev–Trinajstić information content (AvgIpc) is 2.26. The molecule has 0 aliphatic rings. The van der Waals surface area contributed by atoms with Crippen molar-refractivity contribution in [3.63, 3.8) is 0 Å². The van der Waals surface area contributed by atoms with Gasteiger partial charge in [0, 0.05) is 6.07 Å². The lowest BCUT2D eigenvalue weighted by Crippen LogP contribution is -2.49. The van der Waals surface area contributed by atoms with E-state index in [-0.39, 0.29) is 5.82 Å². The van der Waals surface area contributed by atoms with E-state index in [2.05, 4.69) is 15.3 Å². The topological polar surface area (TPSA) is 98.5 Å². The second kappa shape index (κ2) is 4.96. The van der Waals surface area contributed by atoms with E-state index in [1.165, 1.54) is 0 Å². The molecule has 7 heteroatoms. The summed E-state index contributed by atoms with van der Waals surface area (Å²) in [7, 11) is 0. The lowest BCUT2D eigenvalue weighted by atomic mass is 10.0. The van der Waals surface area contributed by atoms with Crippen molar-refractivity contribution >= 4 is 5.82 Å². The summed E-state index contributed by atoms with van der Waals surface area (Å²) in [6.07, 6.45) is 0.995. The van der Waals surface area contributed by atoms with Gasteiger partial charge in [0.15, 0.2) is 0 Å². The summed E-state index contributed by atoms with van der Waals surface area (Å²) in [5.74, 6) is -0.658. The SMILES string of the molecule is OCC(CO)(CO)Nc1cc(F)ncn1. The molecule has 0 spiro atoms. The van der Waals surface area contributed by atoms with E-state index < -0.39 is 31.3 Å². The van der Waals surface area contributed by atoms with Gasteiger partial charge in [0.2, 0.25) is 5.95 Å². The van der Waals surface area contributed by atoms with Crippen molar-refractivity contribution < 1.29 is 19.7 Å². The molecule has 0 bridgehead atoms. The molecule has 1 aromatic rings. The number of rotatable bonds is 5. The molecule has 1 aromatic heterocycles. The Morgan fingerprint density at radius 1 is 1.20 bits per heavy atom. The number of hydrogen-bond acceptors (Lipinski definition) is 6. The zero-order valence-electron chi connectivity index (χ0n) is 7.89. The van der Waals surface area contributed by atoms with Gasteiger partial charge >= 0.3 is 0 Å². The van der Waals surface area contributed by atoms with Crippen LogP contribution in [0.3, 0.4) is 0 Å². The Bertz CT molecular complexity index is 311. The lowest BCUT2D eigenvalue weighted by molar-refractivity contribution is 0.0830. The molecule has 6 nitrogen and oxygen atoms in total. The zero-order valence-corrected chi connectivity index (χ0v) is 7.89. The number of hydrogen-bond donors (Lipinski definition) is 4. The third-order valence-electron chi connectivity index (χ3n) is 1.93. The van der Waals surface area contributed by atoms with Gasteiger partial charge in [0.25, 0.3) is 0 Å². The highest BCUT2D eigenvalue weighted by atomic mass is 19.1. The van der Waals surface area contributed by atoms with Gasteiger partial charge in [0.05, 0.1) is 19.8 Å². The molecule has 0 aromatic carbocycles. The molecule has 0 unspecified atom stereocenters. The van der Waals surface area contributed by atoms with Crippen molar-refractivity contribution in [3.8, 4) is 0 Å². The van der Waals surface area contributed by atoms with Crippen LogP contribution in [0, 0.1) is 5.95 Å². The molecular weight excluding hydrogens is 205 g/mol. The Morgan fingerprint density at radius 2 is 1.80 bits per heavy atom. The number of aliphatic hydroxyl groups excluding tert-OH is 3. The maximum absolute atomic E-state index is 12.7. The molecule has 0 amide bonds. The van der Waals surface area contributed by atoms with Crippen LogP contribution in [-0.2, 0) is 0 Å². The third kappa shape index (κ3) is 2.82. The molecule has 84 valence electrons. The summed E-state index contributed by atoms with van der Waals surface area (Å²) in [5.41, 5.74) is -1.32. The second-order valence-electron chi connectivity index (χ2n) is 3.11. The molecule has 15 heavy (non-hydrogen) atoms. The highest BCUT2D eigenvalue weighted by molar-refractivity contribution is 5.36. The standard InChI is InChI=1S/C8H12FN3O3/c9-6-1-7(11-5-10-6)12-8(2-13,3-14)4-15/h1,5,13-15H,2-4H2,(H,10,11,12). The highest BCUT2D eigenvalue weighted by Gasteiger charge is 2.28. The average molecular weight is 217 g/mol. The first-order chi connectivity index (χ1) is 7.15. The van der Waals surface area contributed by atoms with Crippen LogP contribution < -0.4 is 5.32 Å². The lowest BCUT2D eigenvalue weighted by Gasteiger charge is -2.28. The van der Waals surface area contributed by atoms with Crippen molar-refractivity contribution in [2.45, 2.75) is 5.54 Å². The highest BCUT2D eigenvalue weighted by Crippen LogP contribution is 2.12. The molecular formula is C8H12FN3O3. The predicted octanol–water partition coefficient (Wildman–Crippen LogP) is -1.26. The molecule has 0 saturated carbocycles. The first kappa shape index (κ1) is 11.8. The summed E-state index contributed by atoms with van der Waals surface area (Å²) >= 11 is 0. The van der Waals surface area contributed by atoms with Crippen LogP contribution in [0.5, 0.6) is 0 Å². The van der Waals surface area contributed by atoms with Crippen LogP contribution in [-0.4, -0.2) is 50.6 Å². The molecule has 1 heterocycles. The fraction of sp³-hybridized carbons (Fsp3) is 0.500. The Balaban J connectivity index is 2.82. The quantitative estimate of drug-likeness (QED) is 0.460. The molecule has 4 N–H and O–H groups in total. The van der Waals surface area contributed by atoms with Gasteiger partial charge in [-0.25, -0.2) is 9.97 Å². The van der Waals surface area contributed by atoms with Gasteiger partial charge in [-0.1, -0.05) is 0 Å². The summed E-state index contributed by atoms with van der Waals surface area (Å²) < 4.78 is 12.7. The maximum atomic E-state index is 12.7. The van der Waals surface area contributed by atoms with Crippen molar-refractivity contribution in [1.82, 2.24) is 9.97 Å². The van der Waals surface area contributed by atoms with E-state index >= 15 is 0 Å². The molecule has 0 aliphatic heterocycles. The van der Waals surface area contributed by atoms with E-state index in [1.54, 1.807) is 0 Å². The van der Waals surface area contributed by atoms with E-state index in [9.17, 15) is 4.39 Å². The monoisotopic (exact) mass is 217 g/mol. The number of anilines is 1. The van der Waals surface area contributed by atoms with Crippen molar-refractivity contribution in [1.29, 1.82) is 0 Å². The fourth-order valence-electron chi connectivity index (χ4n) is 0.942. The Morgan fingerprint density at radius 3 is 2.27 bits per heavy atom. The first-order valence-corrected chi connectivity index (χ1v) is 4.24. The Kier molecular flexibility index (Phi) is 3.89. The predicted molar refractivity (Wildman–Crippen MR) is 49.6 cm³/mol. The van der Waals surface area contributed by atoms with Gasteiger partial charge in [0.1, 0.15) is 17.7 Å². The number of aliphatic hydroxyl groups is 3.